The van der Waals surface area contributed by atoms with Crippen LogP contribution in [0.3, 0.4) is 0 Å². The number of carbonyl (C=O) groups is 4. The molecule has 1 heterocycles. The van der Waals surface area contributed by atoms with Crippen molar-refractivity contribution >= 4 is 23.9 Å². The molecule has 0 N–H and O–H groups in total. The van der Waals surface area contributed by atoms with Crippen LogP contribution < -0.4 is 0 Å². The molecule has 1 aliphatic heterocycles. The highest BCUT2D eigenvalue weighted by atomic mass is 16.7. The van der Waals surface area contributed by atoms with Gasteiger partial charge >= 0.3 is 23.9 Å². The molecule has 0 saturated carbocycles. The van der Waals surface area contributed by atoms with Gasteiger partial charge < -0.3 is 28.4 Å². The smallest absolute Gasteiger partial charge is 0.305 e. The molecule has 5 atom stereocenters. The highest BCUT2D eigenvalue weighted by Gasteiger charge is 2.53. The molecular formula is C15H22O10. The average molecular weight is 362 g/mol. The van der Waals surface area contributed by atoms with Gasteiger partial charge in [0.05, 0.1) is 6.61 Å². The van der Waals surface area contributed by atoms with Crippen LogP contribution in [-0.2, 0) is 47.6 Å². The van der Waals surface area contributed by atoms with E-state index in [1.807, 2.05) is 0 Å². The van der Waals surface area contributed by atoms with Crippen molar-refractivity contribution in [2.24, 2.45) is 0 Å². The van der Waals surface area contributed by atoms with E-state index in [9.17, 15) is 19.2 Å². The van der Waals surface area contributed by atoms with Crippen molar-refractivity contribution < 1.29 is 47.6 Å². The molecule has 0 aromatic rings. The molecule has 25 heavy (non-hydrogen) atoms. The van der Waals surface area contributed by atoms with Crippen LogP contribution in [0.4, 0.5) is 0 Å². The lowest BCUT2D eigenvalue weighted by Gasteiger charge is -2.43. The standard InChI is InChI=1S/C15H22O10/c1-7(16)21-12-11(6-20-5)25-15(24-10(4)19)14(23-9(3)18)13(12)22-8(2)17/h11-15H,6H2,1-5H3/t11-,12-,13+,14+,15+/m1/s1. The second kappa shape index (κ2) is 9.33. The number of ether oxygens (including phenoxy) is 6. The van der Waals surface area contributed by atoms with Crippen molar-refractivity contribution in [3.05, 3.63) is 0 Å². The maximum absolute atomic E-state index is 11.5. The van der Waals surface area contributed by atoms with Crippen LogP contribution >= 0.6 is 0 Å². The molecular weight excluding hydrogens is 340 g/mol. The first-order valence-corrected chi connectivity index (χ1v) is 7.49. The van der Waals surface area contributed by atoms with Gasteiger partial charge in [-0.3, -0.25) is 19.2 Å². The average Bonchev–Trinajstić information content (AvgIpc) is 2.45. The fourth-order valence-electron chi connectivity index (χ4n) is 2.41. The van der Waals surface area contributed by atoms with Gasteiger partial charge in [0, 0.05) is 34.8 Å². The molecule has 10 heteroatoms. The summed E-state index contributed by atoms with van der Waals surface area (Å²) in [5, 5.41) is 0. The van der Waals surface area contributed by atoms with Gasteiger partial charge in [0.25, 0.3) is 0 Å². The summed E-state index contributed by atoms with van der Waals surface area (Å²) < 4.78 is 31.1. The van der Waals surface area contributed by atoms with Crippen LogP contribution in [0.1, 0.15) is 27.7 Å². The Bertz CT molecular complexity index is 516. The molecule has 1 rings (SSSR count). The molecule has 0 spiro atoms. The summed E-state index contributed by atoms with van der Waals surface area (Å²) in [5.41, 5.74) is 0. The Kier molecular flexibility index (Phi) is 7.78. The van der Waals surface area contributed by atoms with Gasteiger partial charge in [0.15, 0.2) is 12.2 Å². The first kappa shape index (κ1) is 20.8. The van der Waals surface area contributed by atoms with Crippen LogP contribution in [0.15, 0.2) is 0 Å². The predicted molar refractivity (Wildman–Crippen MR) is 79.0 cm³/mol. The van der Waals surface area contributed by atoms with Crippen LogP contribution in [0.25, 0.3) is 0 Å². The molecule has 0 unspecified atom stereocenters. The molecule has 1 fully saturated rings. The van der Waals surface area contributed by atoms with Gasteiger partial charge in [0.1, 0.15) is 6.10 Å². The summed E-state index contributed by atoms with van der Waals surface area (Å²) in [5.74, 6) is -2.81. The lowest BCUT2D eigenvalue weighted by atomic mass is 9.98. The van der Waals surface area contributed by atoms with E-state index in [1.165, 1.54) is 7.11 Å². The maximum atomic E-state index is 11.5. The normalized spacial score (nSPS) is 28.6. The molecule has 0 amide bonds. The quantitative estimate of drug-likeness (QED) is 0.460. The number of hydrogen-bond acceptors (Lipinski definition) is 10. The summed E-state index contributed by atoms with van der Waals surface area (Å²) >= 11 is 0. The Labute approximate surface area is 144 Å². The third-order valence-electron chi connectivity index (χ3n) is 3.11. The minimum atomic E-state index is -1.36. The Hall–Kier alpha value is -2.20. The summed E-state index contributed by atoms with van der Waals surface area (Å²) in [6, 6.07) is 0. The van der Waals surface area contributed by atoms with Crippen molar-refractivity contribution in [3.8, 4) is 0 Å². The number of rotatable bonds is 6. The van der Waals surface area contributed by atoms with Crippen molar-refractivity contribution in [1.82, 2.24) is 0 Å². The van der Waals surface area contributed by atoms with Gasteiger partial charge in [-0.15, -0.1) is 0 Å². The highest BCUT2D eigenvalue weighted by molar-refractivity contribution is 5.69. The zero-order valence-corrected chi connectivity index (χ0v) is 14.7. The Morgan fingerprint density at radius 1 is 0.720 bits per heavy atom. The molecule has 0 aromatic heterocycles. The van der Waals surface area contributed by atoms with E-state index in [-0.39, 0.29) is 6.61 Å². The van der Waals surface area contributed by atoms with Crippen molar-refractivity contribution in [2.45, 2.75) is 58.4 Å². The summed E-state index contributed by atoms with van der Waals surface area (Å²) in [6.45, 7) is 4.50. The van der Waals surface area contributed by atoms with E-state index in [1.54, 1.807) is 0 Å². The monoisotopic (exact) mass is 362 g/mol. The van der Waals surface area contributed by atoms with Crippen LogP contribution in [-0.4, -0.2) is 68.3 Å². The maximum Gasteiger partial charge on any atom is 0.305 e. The van der Waals surface area contributed by atoms with Crippen molar-refractivity contribution in [3.63, 3.8) is 0 Å². The molecule has 0 bridgehead atoms. The van der Waals surface area contributed by atoms with E-state index < -0.39 is 54.6 Å². The number of carbonyl (C=O) groups excluding carboxylic acids is 4. The molecule has 1 saturated heterocycles. The minimum absolute atomic E-state index is 0.0553. The summed E-state index contributed by atoms with van der Waals surface area (Å²) in [7, 11) is 1.38. The molecule has 10 nitrogen and oxygen atoms in total. The van der Waals surface area contributed by atoms with Crippen LogP contribution in [0.5, 0.6) is 0 Å². The zero-order valence-electron chi connectivity index (χ0n) is 14.7. The lowest BCUT2D eigenvalue weighted by molar-refractivity contribution is -0.300. The number of methoxy groups -OCH3 is 1. The van der Waals surface area contributed by atoms with E-state index in [0.29, 0.717) is 0 Å². The molecule has 0 aromatic carbocycles. The molecule has 1 aliphatic rings. The fourth-order valence-corrected chi connectivity index (χ4v) is 2.41. The second-order valence-electron chi connectivity index (χ2n) is 5.33. The Morgan fingerprint density at radius 2 is 1.16 bits per heavy atom. The molecule has 142 valence electrons. The van der Waals surface area contributed by atoms with Gasteiger partial charge in [-0.2, -0.15) is 0 Å². The molecule has 0 radical (unpaired) electrons. The number of hydrogen-bond donors (Lipinski definition) is 0. The van der Waals surface area contributed by atoms with E-state index in [4.69, 9.17) is 28.4 Å². The largest absolute Gasteiger partial charge is 0.456 e. The Balaban J connectivity index is 3.25. The zero-order chi connectivity index (χ0) is 19.1. The lowest BCUT2D eigenvalue weighted by Crippen LogP contribution is -2.63. The number of esters is 4. The van der Waals surface area contributed by atoms with Gasteiger partial charge in [0.2, 0.25) is 12.4 Å². The third-order valence-corrected chi connectivity index (χ3v) is 3.11. The topological polar surface area (TPSA) is 124 Å². The first-order valence-electron chi connectivity index (χ1n) is 7.49. The minimum Gasteiger partial charge on any atom is -0.456 e. The van der Waals surface area contributed by atoms with Gasteiger partial charge in [-0.25, -0.2) is 0 Å². The SMILES string of the molecule is COC[C@H]1O[C@H](OC(C)=O)[C@@H](OC(C)=O)[C@@H](OC(C)=O)[C@@H]1OC(C)=O. The van der Waals surface area contributed by atoms with E-state index >= 15 is 0 Å². The summed E-state index contributed by atoms with van der Waals surface area (Å²) in [6.07, 6.45) is -5.98. The van der Waals surface area contributed by atoms with Crippen molar-refractivity contribution in [1.29, 1.82) is 0 Å². The fraction of sp³-hybridized carbons (Fsp3) is 0.733. The van der Waals surface area contributed by atoms with Gasteiger partial charge in [-0.1, -0.05) is 0 Å². The van der Waals surface area contributed by atoms with Gasteiger partial charge in [-0.05, 0) is 0 Å². The van der Waals surface area contributed by atoms with Crippen molar-refractivity contribution in [2.75, 3.05) is 13.7 Å². The summed E-state index contributed by atoms with van der Waals surface area (Å²) in [4.78, 5) is 45.7. The van der Waals surface area contributed by atoms with Crippen LogP contribution in [0.2, 0.25) is 0 Å². The molecule has 0 aliphatic carbocycles. The highest BCUT2D eigenvalue weighted by Crippen LogP contribution is 2.29. The first-order chi connectivity index (χ1) is 11.6. The van der Waals surface area contributed by atoms with E-state index in [2.05, 4.69) is 0 Å². The Morgan fingerprint density at radius 3 is 1.60 bits per heavy atom. The van der Waals surface area contributed by atoms with Crippen LogP contribution in [0, 0.1) is 0 Å². The second-order valence-corrected chi connectivity index (χ2v) is 5.33. The van der Waals surface area contributed by atoms with E-state index in [0.717, 1.165) is 27.7 Å². The predicted octanol–water partition coefficient (Wildman–Crippen LogP) is -0.284. The third kappa shape index (κ3) is 6.31.